The lowest BCUT2D eigenvalue weighted by atomic mass is 10.2. The molecule has 3 heterocycles. The van der Waals surface area contributed by atoms with Gasteiger partial charge in [0.05, 0.1) is 13.2 Å². The third-order valence-electron chi connectivity index (χ3n) is 3.02. The molecule has 1 fully saturated rings. The Hall–Kier alpha value is -2.28. The average molecular weight is 258 g/mol. The second kappa shape index (κ2) is 5.15. The molecule has 1 aliphatic rings. The smallest absolute Gasteiger partial charge is 0.147 e. The number of nitrogen functional groups attached to an aromatic ring is 1. The van der Waals surface area contributed by atoms with Crippen molar-refractivity contribution in [1.82, 2.24) is 19.9 Å². The number of hydrogen-bond acceptors (Lipinski definition) is 7. The van der Waals surface area contributed by atoms with Gasteiger partial charge >= 0.3 is 0 Å². The van der Waals surface area contributed by atoms with Gasteiger partial charge in [-0.25, -0.2) is 15.0 Å². The van der Waals surface area contributed by atoms with Gasteiger partial charge in [0, 0.05) is 25.1 Å². The van der Waals surface area contributed by atoms with Gasteiger partial charge in [-0.1, -0.05) is 0 Å². The predicted octanol–water partition coefficient (Wildman–Crippen LogP) is 0.427. The van der Waals surface area contributed by atoms with Crippen LogP contribution in [0.4, 0.5) is 11.6 Å². The van der Waals surface area contributed by atoms with Gasteiger partial charge < -0.3 is 15.4 Å². The minimum absolute atomic E-state index is 0.183. The second-order valence-corrected chi connectivity index (χ2v) is 4.20. The molecule has 7 nitrogen and oxygen atoms in total. The fraction of sp³-hybridized carbons (Fsp3) is 0.333. The zero-order chi connectivity index (χ0) is 13.1. The fourth-order valence-electron chi connectivity index (χ4n) is 2.10. The lowest BCUT2D eigenvalue weighted by molar-refractivity contribution is 0.0371. The van der Waals surface area contributed by atoms with Gasteiger partial charge in [-0.2, -0.15) is 0 Å². The zero-order valence-corrected chi connectivity index (χ0v) is 10.3. The van der Waals surface area contributed by atoms with Gasteiger partial charge in [0.15, 0.2) is 0 Å². The maximum atomic E-state index is 5.84. The highest BCUT2D eigenvalue weighted by Crippen LogP contribution is 2.25. The number of nitrogens with two attached hydrogens (primary N) is 1. The number of hydrogen-bond donors (Lipinski definition) is 1. The van der Waals surface area contributed by atoms with Crippen LogP contribution in [-0.2, 0) is 4.74 Å². The van der Waals surface area contributed by atoms with Crippen LogP contribution < -0.4 is 10.6 Å². The number of nitrogens with zero attached hydrogens (tertiary/aromatic N) is 5. The molecule has 0 unspecified atom stereocenters. The second-order valence-electron chi connectivity index (χ2n) is 4.20. The van der Waals surface area contributed by atoms with Crippen LogP contribution in [0.5, 0.6) is 0 Å². The molecule has 1 atom stereocenters. The monoisotopic (exact) mass is 258 g/mol. The first kappa shape index (κ1) is 11.8. The Morgan fingerprint density at radius 1 is 1.21 bits per heavy atom. The van der Waals surface area contributed by atoms with Crippen molar-refractivity contribution >= 4 is 11.6 Å². The molecule has 2 N–H and O–H groups in total. The predicted molar refractivity (Wildman–Crippen MR) is 69.4 cm³/mol. The number of aromatic nitrogens is 4. The summed E-state index contributed by atoms with van der Waals surface area (Å²) in [5.74, 6) is 1.29. The summed E-state index contributed by atoms with van der Waals surface area (Å²) in [6.07, 6.45) is 6.28. The van der Waals surface area contributed by atoms with Crippen LogP contribution in [0.15, 0.2) is 31.0 Å². The molecule has 7 heteroatoms. The van der Waals surface area contributed by atoms with Crippen LogP contribution in [0.3, 0.4) is 0 Å². The molecule has 2 aromatic heterocycles. The molecule has 98 valence electrons. The Labute approximate surface area is 110 Å². The topological polar surface area (TPSA) is 90.1 Å². The largest absolute Gasteiger partial charge is 0.382 e. The van der Waals surface area contributed by atoms with Crippen molar-refractivity contribution in [3.8, 4) is 0 Å². The number of rotatable bonds is 2. The highest BCUT2D eigenvalue weighted by Gasteiger charge is 2.25. The first-order chi connectivity index (χ1) is 9.34. The summed E-state index contributed by atoms with van der Waals surface area (Å²) < 4.78 is 5.73. The quantitative estimate of drug-likeness (QED) is 0.835. The molecule has 2 aromatic rings. The summed E-state index contributed by atoms with van der Waals surface area (Å²) in [6.45, 7) is 2.04. The van der Waals surface area contributed by atoms with Crippen LogP contribution in [0.25, 0.3) is 0 Å². The van der Waals surface area contributed by atoms with E-state index in [1.807, 2.05) is 6.07 Å². The molecule has 19 heavy (non-hydrogen) atoms. The first-order valence-electron chi connectivity index (χ1n) is 6.03. The molecule has 0 saturated carbocycles. The van der Waals surface area contributed by atoms with Crippen LogP contribution in [0.2, 0.25) is 0 Å². The van der Waals surface area contributed by atoms with E-state index < -0.39 is 0 Å². The van der Waals surface area contributed by atoms with Crippen LogP contribution in [0.1, 0.15) is 11.8 Å². The fourth-order valence-corrected chi connectivity index (χ4v) is 2.10. The van der Waals surface area contributed by atoms with E-state index in [0.717, 1.165) is 12.4 Å². The van der Waals surface area contributed by atoms with Crippen LogP contribution >= 0.6 is 0 Å². The van der Waals surface area contributed by atoms with E-state index in [1.54, 1.807) is 18.6 Å². The molecule has 0 aromatic carbocycles. The Kier molecular flexibility index (Phi) is 3.20. The summed E-state index contributed by atoms with van der Waals surface area (Å²) in [5.41, 5.74) is 6.52. The van der Waals surface area contributed by atoms with Crippen molar-refractivity contribution in [2.75, 3.05) is 30.3 Å². The number of anilines is 2. The summed E-state index contributed by atoms with van der Waals surface area (Å²) >= 11 is 0. The van der Waals surface area contributed by atoms with Gasteiger partial charge in [0.25, 0.3) is 0 Å². The van der Waals surface area contributed by atoms with Gasteiger partial charge in [-0.15, -0.1) is 0 Å². The van der Waals surface area contributed by atoms with Crippen molar-refractivity contribution in [2.24, 2.45) is 0 Å². The lowest BCUT2D eigenvalue weighted by Gasteiger charge is -2.33. The Morgan fingerprint density at radius 3 is 2.89 bits per heavy atom. The van der Waals surface area contributed by atoms with E-state index in [9.17, 15) is 0 Å². The highest BCUT2D eigenvalue weighted by atomic mass is 16.5. The number of ether oxygens (including phenoxy) is 1. The summed E-state index contributed by atoms with van der Waals surface area (Å²) in [4.78, 5) is 18.6. The van der Waals surface area contributed by atoms with E-state index >= 15 is 0 Å². The molecular formula is C12H14N6O. The molecule has 0 amide bonds. The first-order valence-corrected chi connectivity index (χ1v) is 6.03. The van der Waals surface area contributed by atoms with Crippen molar-refractivity contribution in [3.63, 3.8) is 0 Å². The van der Waals surface area contributed by atoms with E-state index in [0.29, 0.717) is 24.7 Å². The van der Waals surface area contributed by atoms with Crippen LogP contribution in [0, 0.1) is 0 Å². The third kappa shape index (κ3) is 2.45. The molecule has 0 radical (unpaired) electrons. The Balaban J connectivity index is 1.81. The summed E-state index contributed by atoms with van der Waals surface area (Å²) in [6, 6.07) is 1.88. The maximum absolute atomic E-state index is 5.84. The van der Waals surface area contributed by atoms with Gasteiger partial charge in [0.1, 0.15) is 29.8 Å². The van der Waals surface area contributed by atoms with Gasteiger partial charge in [-0.05, 0) is 6.07 Å². The molecular weight excluding hydrogens is 244 g/mol. The van der Waals surface area contributed by atoms with E-state index in [4.69, 9.17) is 10.5 Å². The zero-order valence-electron chi connectivity index (χ0n) is 10.3. The molecule has 0 spiro atoms. The Morgan fingerprint density at radius 2 is 2.11 bits per heavy atom. The Bertz CT molecular complexity index is 549. The van der Waals surface area contributed by atoms with Gasteiger partial charge in [0.2, 0.25) is 0 Å². The molecule has 0 aliphatic carbocycles. The molecule has 1 aliphatic heterocycles. The molecule has 1 saturated heterocycles. The summed E-state index contributed by atoms with van der Waals surface area (Å²) in [7, 11) is 0. The van der Waals surface area contributed by atoms with Crippen molar-refractivity contribution in [3.05, 3.63) is 36.7 Å². The van der Waals surface area contributed by atoms with Crippen molar-refractivity contribution < 1.29 is 4.74 Å². The van der Waals surface area contributed by atoms with Crippen LogP contribution in [-0.4, -0.2) is 39.6 Å². The van der Waals surface area contributed by atoms with E-state index in [-0.39, 0.29) is 6.10 Å². The highest BCUT2D eigenvalue weighted by molar-refractivity contribution is 5.40. The lowest BCUT2D eigenvalue weighted by Crippen LogP contribution is -2.39. The van der Waals surface area contributed by atoms with E-state index in [1.165, 1.54) is 6.33 Å². The summed E-state index contributed by atoms with van der Waals surface area (Å²) in [5, 5.41) is 0. The average Bonchev–Trinajstić information content (AvgIpc) is 2.49. The minimum atomic E-state index is -0.183. The van der Waals surface area contributed by atoms with Crippen molar-refractivity contribution in [1.29, 1.82) is 0 Å². The SMILES string of the molecule is Nc1nccnc1[C@@H]1CN(c2ccncn2)CCO1. The van der Waals surface area contributed by atoms with Crippen molar-refractivity contribution in [2.45, 2.75) is 6.10 Å². The number of morpholine rings is 1. The normalized spacial score (nSPS) is 19.4. The molecule has 3 rings (SSSR count). The minimum Gasteiger partial charge on any atom is -0.382 e. The van der Waals surface area contributed by atoms with E-state index in [2.05, 4.69) is 24.8 Å². The van der Waals surface area contributed by atoms with Gasteiger partial charge in [-0.3, -0.25) is 4.98 Å². The standard InChI is InChI=1S/C12H14N6O/c13-12-11(15-3-4-16-12)9-7-18(5-6-19-9)10-1-2-14-8-17-10/h1-4,8-9H,5-7H2,(H2,13,16)/t9-/m0/s1. The molecule has 0 bridgehead atoms. The maximum Gasteiger partial charge on any atom is 0.147 e. The third-order valence-corrected chi connectivity index (χ3v) is 3.02.